The van der Waals surface area contributed by atoms with E-state index in [1.807, 2.05) is 71.6 Å². The molecule has 1 saturated heterocycles. The summed E-state index contributed by atoms with van der Waals surface area (Å²) in [5, 5.41) is 0.614. The second kappa shape index (κ2) is 13.7. The van der Waals surface area contributed by atoms with Crippen LogP contribution >= 0.6 is 11.3 Å². The van der Waals surface area contributed by atoms with Gasteiger partial charge in [-0.25, -0.2) is 0 Å². The maximum Gasteiger partial charge on any atom is 0.259 e. The van der Waals surface area contributed by atoms with Crippen molar-refractivity contribution in [2.75, 3.05) is 34.4 Å². The van der Waals surface area contributed by atoms with E-state index in [-0.39, 0.29) is 16.9 Å². The average Bonchev–Trinajstić information content (AvgIpc) is 3.46. The van der Waals surface area contributed by atoms with E-state index >= 15 is 0 Å². The number of piperidine rings is 1. The molecule has 0 unspecified atom stereocenters. The van der Waals surface area contributed by atoms with Gasteiger partial charge in [0.1, 0.15) is 21.9 Å². The van der Waals surface area contributed by atoms with Crippen molar-refractivity contribution < 1.29 is 14.3 Å². The molecule has 5 aromatic rings. The Morgan fingerprint density at radius 2 is 1.58 bits per heavy atom. The molecule has 45 heavy (non-hydrogen) atoms. The number of ether oxygens (including phenoxy) is 2. The Bertz CT molecular complexity index is 1840. The number of aromatic nitrogens is 1. The Hall–Kier alpha value is -4.40. The zero-order chi connectivity index (χ0) is 31.3. The van der Waals surface area contributed by atoms with Gasteiger partial charge in [0.2, 0.25) is 5.43 Å². The monoisotopic (exact) mass is 621 g/mol. The topological polar surface area (TPSA) is 64.0 Å². The summed E-state index contributed by atoms with van der Waals surface area (Å²) in [6, 6.07) is 26.2. The molecule has 8 heteroatoms. The van der Waals surface area contributed by atoms with Crippen LogP contribution in [0.1, 0.15) is 46.3 Å². The minimum absolute atomic E-state index is 0.184. The number of carbonyl (C=O) groups excluding carboxylic acids is 1. The highest BCUT2D eigenvalue weighted by molar-refractivity contribution is 7.22. The van der Waals surface area contributed by atoms with Gasteiger partial charge in [-0.1, -0.05) is 48.5 Å². The molecule has 2 aromatic heterocycles. The van der Waals surface area contributed by atoms with Gasteiger partial charge in [-0.2, -0.15) is 0 Å². The fraction of sp³-hybridized carbons (Fsp3) is 0.297. The van der Waals surface area contributed by atoms with Crippen LogP contribution in [0.15, 0.2) is 89.9 Å². The molecule has 1 fully saturated rings. The highest BCUT2D eigenvalue weighted by atomic mass is 32.1. The zero-order valence-electron chi connectivity index (χ0n) is 26.1. The Labute approximate surface area is 268 Å². The first-order chi connectivity index (χ1) is 22.0. The number of pyridine rings is 1. The molecular formula is C37H39N3O4S. The third-order valence-corrected chi connectivity index (χ3v) is 9.81. The van der Waals surface area contributed by atoms with Crippen LogP contribution in [0.3, 0.4) is 0 Å². The molecule has 0 N–H and O–H groups in total. The Kier molecular flexibility index (Phi) is 9.33. The van der Waals surface area contributed by atoms with Crippen LogP contribution in [0.4, 0.5) is 0 Å². The second-order valence-corrected chi connectivity index (χ2v) is 12.6. The minimum atomic E-state index is -0.198. The van der Waals surface area contributed by atoms with Crippen molar-refractivity contribution in [3.63, 3.8) is 0 Å². The Balaban J connectivity index is 1.55. The van der Waals surface area contributed by atoms with Crippen LogP contribution in [-0.2, 0) is 19.6 Å². The Morgan fingerprint density at radius 3 is 2.29 bits per heavy atom. The van der Waals surface area contributed by atoms with Crippen LogP contribution in [0.2, 0.25) is 0 Å². The number of rotatable bonds is 10. The molecule has 0 radical (unpaired) electrons. The number of fused-ring (bicyclic) bond motifs is 1. The number of amides is 1. The molecule has 0 saturated carbocycles. The summed E-state index contributed by atoms with van der Waals surface area (Å²) >= 11 is 1.60. The van der Waals surface area contributed by atoms with Gasteiger partial charge in [0.05, 0.1) is 26.2 Å². The van der Waals surface area contributed by atoms with Crippen LogP contribution < -0.4 is 14.9 Å². The first-order valence-corrected chi connectivity index (χ1v) is 16.3. The fourth-order valence-corrected chi connectivity index (χ4v) is 7.49. The van der Waals surface area contributed by atoms with E-state index in [2.05, 4.69) is 28.6 Å². The smallest absolute Gasteiger partial charge is 0.259 e. The average molecular weight is 622 g/mol. The van der Waals surface area contributed by atoms with Gasteiger partial charge >= 0.3 is 0 Å². The molecule has 232 valence electrons. The molecular weight excluding hydrogens is 582 g/mol. The van der Waals surface area contributed by atoms with Crippen LogP contribution in [0.5, 0.6) is 11.5 Å². The van der Waals surface area contributed by atoms with Gasteiger partial charge < -0.3 is 18.9 Å². The first-order valence-electron chi connectivity index (χ1n) is 15.4. The molecule has 0 aliphatic carbocycles. The van der Waals surface area contributed by atoms with Gasteiger partial charge in [-0.05, 0) is 73.3 Å². The van der Waals surface area contributed by atoms with Crippen molar-refractivity contribution in [3.8, 4) is 21.9 Å². The summed E-state index contributed by atoms with van der Waals surface area (Å²) in [5.74, 6) is 1.35. The van der Waals surface area contributed by atoms with Gasteiger partial charge in [-0.3, -0.25) is 14.5 Å². The minimum Gasteiger partial charge on any atom is -0.497 e. The number of nitrogens with zero attached hydrogens (tertiary/aromatic N) is 3. The van der Waals surface area contributed by atoms with E-state index in [1.54, 1.807) is 31.8 Å². The summed E-state index contributed by atoms with van der Waals surface area (Å²) in [6.07, 6.45) is 4.80. The van der Waals surface area contributed by atoms with Crippen LogP contribution in [-0.4, -0.2) is 54.6 Å². The predicted octanol–water partition coefficient (Wildman–Crippen LogP) is 7.05. The zero-order valence-corrected chi connectivity index (χ0v) is 26.9. The van der Waals surface area contributed by atoms with E-state index in [0.29, 0.717) is 31.6 Å². The van der Waals surface area contributed by atoms with Crippen molar-refractivity contribution in [3.05, 3.63) is 118 Å². The number of carbonyl (C=O) groups is 1. The lowest BCUT2D eigenvalue weighted by molar-refractivity contribution is 0.0722. The highest BCUT2D eigenvalue weighted by Crippen LogP contribution is 2.39. The maximum absolute atomic E-state index is 14.5. The summed E-state index contributed by atoms with van der Waals surface area (Å²) in [6.45, 7) is 3.08. The largest absolute Gasteiger partial charge is 0.497 e. The molecule has 3 heterocycles. The Morgan fingerprint density at radius 1 is 0.867 bits per heavy atom. The molecule has 6 rings (SSSR count). The van der Waals surface area contributed by atoms with Crippen molar-refractivity contribution in [2.45, 2.75) is 38.9 Å². The number of hydrogen-bond donors (Lipinski definition) is 0. The number of hydrogen-bond acceptors (Lipinski definition) is 6. The summed E-state index contributed by atoms with van der Waals surface area (Å²) in [4.78, 5) is 34.4. The summed E-state index contributed by atoms with van der Waals surface area (Å²) in [5.41, 5.74) is 4.14. The number of para-hydroxylation sites is 1. The third kappa shape index (κ3) is 6.53. The SMILES string of the molecule is COc1ccc(-c2sc3c(c2CN(C)Cc2ccccc2)c(=O)c(C(=O)N2CCCCC2)cn3Cc2ccccc2OC)cc1. The van der Waals surface area contributed by atoms with Gasteiger partial charge in [-0.15, -0.1) is 11.3 Å². The van der Waals surface area contributed by atoms with E-state index in [0.717, 1.165) is 63.7 Å². The van der Waals surface area contributed by atoms with E-state index in [1.165, 1.54) is 5.56 Å². The molecule has 1 aliphatic heterocycles. The fourth-order valence-electron chi connectivity index (χ4n) is 6.20. The highest BCUT2D eigenvalue weighted by Gasteiger charge is 2.27. The van der Waals surface area contributed by atoms with Crippen molar-refractivity contribution in [1.29, 1.82) is 0 Å². The first kappa shape index (κ1) is 30.6. The van der Waals surface area contributed by atoms with Crippen molar-refractivity contribution in [1.82, 2.24) is 14.4 Å². The number of thiophene rings is 1. The lowest BCUT2D eigenvalue weighted by atomic mass is 10.0. The molecule has 0 bridgehead atoms. The van der Waals surface area contributed by atoms with Gasteiger partial charge in [0.15, 0.2) is 0 Å². The number of methoxy groups -OCH3 is 2. The molecule has 1 aliphatic rings. The van der Waals surface area contributed by atoms with Crippen LogP contribution in [0, 0.1) is 0 Å². The standard InChI is InChI=1S/C37H39N3O4S/c1-38(22-26-12-6-4-7-13-26)24-30-33-34(41)31(36(42)39-20-10-5-11-21-39)25-40(23-28-14-8-9-15-32(28)44-3)37(33)45-35(30)27-16-18-29(43-2)19-17-27/h4,6-9,12-19,25H,5,10-11,20-24H2,1-3H3. The van der Waals surface area contributed by atoms with E-state index in [4.69, 9.17) is 9.47 Å². The van der Waals surface area contributed by atoms with E-state index in [9.17, 15) is 9.59 Å². The molecule has 0 atom stereocenters. The maximum atomic E-state index is 14.5. The van der Waals surface area contributed by atoms with Gasteiger partial charge in [0, 0.05) is 42.8 Å². The molecule has 3 aromatic carbocycles. The van der Waals surface area contributed by atoms with Gasteiger partial charge in [0.25, 0.3) is 5.91 Å². The third-order valence-electron chi connectivity index (χ3n) is 8.49. The van der Waals surface area contributed by atoms with Crippen molar-refractivity contribution >= 4 is 27.5 Å². The van der Waals surface area contributed by atoms with Crippen LogP contribution in [0.25, 0.3) is 20.7 Å². The normalized spacial score (nSPS) is 13.4. The molecule has 7 nitrogen and oxygen atoms in total. The quantitative estimate of drug-likeness (QED) is 0.167. The lowest BCUT2D eigenvalue weighted by Gasteiger charge is -2.27. The summed E-state index contributed by atoms with van der Waals surface area (Å²) in [7, 11) is 5.40. The van der Waals surface area contributed by atoms with Crippen molar-refractivity contribution in [2.24, 2.45) is 0 Å². The van der Waals surface area contributed by atoms with E-state index < -0.39 is 0 Å². The predicted molar refractivity (Wildman–Crippen MR) is 182 cm³/mol. The molecule has 0 spiro atoms. The second-order valence-electron chi connectivity index (χ2n) is 11.6. The molecule has 1 amide bonds. The number of likely N-dealkylation sites (tertiary alicyclic amines) is 1. The number of benzene rings is 3. The lowest BCUT2D eigenvalue weighted by Crippen LogP contribution is -2.38. The summed E-state index contributed by atoms with van der Waals surface area (Å²) < 4.78 is 13.2.